The van der Waals surface area contributed by atoms with E-state index in [0.29, 0.717) is 0 Å². The van der Waals surface area contributed by atoms with E-state index in [-0.39, 0.29) is 0 Å². The first-order chi connectivity index (χ1) is 4.30. The van der Waals surface area contributed by atoms with Gasteiger partial charge in [0.2, 0.25) is 0 Å². The molecule has 1 aromatic carbocycles. The molecule has 0 heterocycles. The number of hydrogen-bond donors (Lipinski definition) is 1. The summed E-state index contributed by atoms with van der Waals surface area (Å²) in [6, 6.07) is 9.81. The monoisotopic (exact) mass is 185 g/mol. The maximum absolute atomic E-state index is 5.47. The molecule has 0 spiro atoms. The van der Waals surface area contributed by atoms with Gasteiger partial charge in [0.1, 0.15) is 0 Å². The molecule has 0 saturated carbocycles. The Kier molecular flexibility index (Phi) is 2.04. The number of hydrogen-bond acceptors (Lipinski definition) is 1. The first-order valence-electron chi connectivity index (χ1n) is 2.65. The van der Waals surface area contributed by atoms with Crippen molar-refractivity contribution in [3.05, 3.63) is 35.9 Å². The Morgan fingerprint density at radius 1 is 1.22 bits per heavy atom. The van der Waals surface area contributed by atoms with Crippen LogP contribution in [0.4, 0.5) is 0 Å². The number of benzene rings is 1. The van der Waals surface area contributed by atoms with Crippen molar-refractivity contribution in [3.63, 3.8) is 0 Å². The average Bonchev–Trinajstić information content (AvgIpc) is 1.90. The molecule has 0 aliphatic heterocycles. The van der Waals surface area contributed by atoms with Crippen molar-refractivity contribution in [2.24, 2.45) is 5.73 Å². The number of nitrogens with two attached hydrogens (primary N) is 1. The van der Waals surface area contributed by atoms with Crippen LogP contribution in [0, 0.1) is 0 Å². The SMILES string of the molecule is NC(=[Se])c1ccccc1. The molecule has 0 amide bonds. The molecule has 0 fully saturated rings. The fraction of sp³-hybridized carbons (Fsp3) is 0. The van der Waals surface area contributed by atoms with E-state index < -0.39 is 0 Å². The third-order valence-electron chi connectivity index (χ3n) is 1.06. The van der Waals surface area contributed by atoms with Gasteiger partial charge in [-0.05, 0) is 0 Å². The molecule has 0 radical (unpaired) electrons. The van der Waals surface area contributed by atoms with Gasteiger partial charge in [-0.1, -0.05) is 0 Å². The van der Waals surface area contributed by atoms with E-state index in [9.17, 15) is 0 Å². The number of rotatable bonds is 1. The van der Waals surface area contributed by atoms with Crippen molar-refractivity contribution in [2.75, 3.05) is 0 Å². The molecule has 1 rings (SSSR count). The zero-order valence-electron chi connectivity index (χ0n) is 4.87. The molecule has 0 unspecified atom stereocenters. The summed E-state index contributed by atoms with van der Waals surface area (Å²) >= 11 is 2.75. The predicted octanol–water partition coefficient (Wildman–Crippen LogP) is 0.292. The Bertz CT molecular complexity index is 205. The third-order valence-corrected chi connectivity index (χ3v) is 1.55. The van der Waals surface area contributed by atoms with E-state index in [4.69, 9.17) is 5.73 Å². The third kappa shape index (κ3) is 1.67. The minimum absolute atomic E-state index is 0.746. The summed E-state index contributed by atoms with van der Waals surface area (Å²) in [7, 11) is 0. The topological polar surface area (TPSA) is 26.0 Å². The van der Waals surface area contributed by atoms with Crippen LogP contribution < -0.4 is 5.73 Å². The summed E-state index contributed by atoms with van der Waals surface area (Å²) in [6.07, 6.45) is 0. The van der Waals surface area contributed by atoms with Gasteiger partial charge in [0.05, 0.1) is 0 Å². The van der Waals surface area contributed by atoms with Crippen LogP contribution in [0.1, 0.15) is 5.56 Å². The second-order valence-electron chi connectivity index (χ2n) is 1.73. The average molecular weight is 184 g/mol. The van der Waals surface area contributed by atoms with Gasteiger partial charge in [0.15, 0.2) is 0 Å². The fourth-order valence-electron chi connectivity index (χ4n) is 0.602. The van der Waals surface area contributed by atoms with Gasteiger partial charge < -0.3 is 0 Å². The molecular formula is C7H7NSe. The summed E-state index contributed by atoms with van der Waals surface area (Å²) < 4.78 is 0.746. The van der Waals surface area contributed by atoms with Crippen molar-refractivity contribution in [1.29, 1.82) is 0 Å². The fourth-order valence-corrected chi connectivity index (χ4v) is 0.888. The molecule has 0 aliphatic carbocycles. The Balaban J connectivity index is 2.98. The zero-order chi connectivity index (χ0) is 6.69. The Hall–Kier alpha value is -0.591. The maximum atomic E-state index is 5.47. The summed E-state index contributed by atoms with van der Waals surface area (Å²) in [5, 5.41) is 0. The summed E-state index contributed by atoms with van der Waals surface area (Å²) in [5.41, 5.74) is 6.53. The van der Waals surface area contributed by atoms with Crippen LogP contribution in [0.2, 0.25) is 0 Å². The molecule has 0 bridgehead atoms. The van der Waals surface area contributed by atoms with Crippen molar-refractivity contribution in [1.82, 2.24) is 0 Å². The van der Waals surface area contributed by atoms with Crippen LogP contribution in [0.25, 0.3) is 0 Å². The molecule has 1 nitrogen and oxygen atoms in total. The van der Waals surface area contributed by atoms with Crippen LogP contribution in [0.15, 0.2) is 30.3 Å². The molecule has 0 saturated heterocycles. The van der Waals surface area contributed by atoms with Gasteiger partial charge in [-0.15, -0.1) is 0 Å². The predicted molar refractivity (Wildman–Crippen MR) is 40.5 cm³/mol. The molecule has 46 valence electrons. The first-order valence-corrected chi connectivity index (χ1v) is 3.51. The van der Waals surface area contributed by atoms with Crippen LogP contribution in [0.5, 0.6) is 0 Å². The van der Waals surface area contributed by atoms with Gasteiger partial charge in [-0.25, -0.2) is 0 Å². The van der Waals surface area contributed by atoms with Crippen LogP contribution in [0.3, 0.4) is 0 Å². The van der Waals surface area contributed by atoms with Crippen LogP contribution >= 0.6 is 0 Å². The van der Waals surface area contributed by atoms with Gasteiger partial charge in [-0.2, -0.15) is 0 Å². The van der Waals surface area contributed by atoms with Crippen molar-refractivity contribution in [3.8, 4) is 0 Å². The molecule has 1 aromatic rings. The van der Waals surface area contributed by atoms with Gasteiger partial charge in [-0.3, -0.25) is 0 Å². The molecule has 0 aromatic heterocycles. The van der Waals surface area contributed by atoms with E-state index in [0.717, 1.165) is 10.1 Å². The summed E-state index contributed by atoms with van der Waals surface area (Å²) in [5.74, 6) is 0. The van der Waals surface area contributed by atoms with Crippen LogP contribution in [-0.4, -0.2) is 20.1 Å². The quantitative estimate of drug-likeness (QED) is 0.624. The molecule has 9 heavy (non-hydrogen) atoms. The normalized spacial score (nSPS) is 8.89. The van der Waals surface area contributed by atoms with E-state index in [1.807, 2.05) is 30.3 Å². The molecule has 2 heteroatoms. The minimum atomic E-state index is 0.746. The Morgan fingerprint density at radius 2 is 1.78 bits per heavy atom. The zero-order valence-corrected chi connectivity index (χ0v) is 6.59. The Morgan fingerprint density at radius 3 is 2.11 bits per heavy atom. The molecule has 0 atom stereocenters. The second-order valence-corrected chi connectivity index (χ2v) is 2.65. The van der Waals surface area contributed by atoms with Crippen molar-refractivity contribution < 1.29 is 0 Å². The van der Waals surface area contributed by atoms with Crippen molar-refractivity contribution in [2.45, 2.75) is 0 Å². The second kappa shape index (κ2) is 2.81. The van der Waals surface area contributed by atoms with Gasteiger partial charge in [0.25, 0.3) is 0 Å². The molecule has 0 aliphatic rings. The Labute approximate surface area is 62.2 Å². The summed E-state index contributed by atoms with van der Waals surface area (Å²) in [6.45, 7) is 0. The van der Waals surface area contributed by atoms with Gasteiger partial charge >= 0.3 is 61.7 Å². The van der Waals surface area contributed by atoms with E-state index in [1.165, 1.54) is 0 Å². The molecule has 2 N–H and O–H groups in total. The van der Waals surface area contributed by atoms with E-state index >= 15 is 0 Å². The molecular weight excluding hydrogens is 177 g/mol. The summed E-state index contributed by atoms with van der Waals surface area (Å²) in [4.78, 5) is 0. The van der Waals surface area contributed by atoms with E-state index in [2.05, 4.69) is 15.6 Å². The standard InChI is InChI=1S/C7H7NSe/c8-7(9)6-4-2-1-3-5-6/h1-5H,(H2,8,9). The first kappa shape index (κ1) is 6.53. The van der Waals surface area contributed by atoms with Crippen molar-refractivity contribution >= 4 is 20.1 Å². The van der Waals surface area contributed by atoms with Crippen LogP contribution in [-0.2, 0) is 0 Å². The van der Waals surface area contributed by atoms with E-state index in [1.54, 1.807) is 0 Å². The van der Waals surface area contributed by atoms with Gasteiger partial charge in [0, 0.05) is 0 Å².